The SMILES string of the molecule is Cc1cc2c(s1)C1(CCN(C(=O)OC(C)(C)C)[C@@H](C)C1)OCC21SCCCS1. The quantitative estimate of drug-likeness (QED) is 0.514. The highest BCUT2D eigenvalue weighted by Crippen LogP contribution is 2.60. The third-order valence-corrected chi connectivity index (χ3v) is 10.3. The van der Waals surface area contributed by atoms with E-state index in [0.29, 0.717) is 6.54 Å². The Morgan fingerprint density at radius 2 is 2.04 bits per heavy atom. The van der Waals surface area contributed by atoms with Crippen LogP contribution < -0.4 is 0 Å². The first-order chi connectivity index (χ1) is 13.1. The van der Waals surface area contributed by atoms with Crippen LogP contribution in [-0.4, -0.2) is 47.3 Å². The number of aryl methyl sites for hydroxylation is 1. The summed E-state index contributed by atoms with van der Waals surface area (Å²) in [6.07, 6.45) is 2.75. The Balaban J connectivity index is 1.59. The Kier molecular flexibility index (Phi) is 5.52. The zero-order valence-corrected chi connectivity index (χ0v) is 20.0. The van der Waals surface area contributed by atoms with E-state index in [4.69, 9.17) is 9.47 Å². The summed E-state index contributed by atoms with van der Waals surface area (Å²) in [5.41, 5.74) is 0.775. The molecule has 3 aliphatic heterocycles. The number of fused-ring (bicyclic) bond motifs is 3. The van der Waals surface area contributed by atoms with Crippen LogP contribution in [0.15, 0.2) is 6.07 Å². The Morgan fingerprint density at radius 3 is 2.68 bits per heavy atom. The number of piperidine rings is 1. The van der Waals surface area contributed by atoms with Crippen molar-refractivity contribution in [1.82, 2.24) is 4.90 Å². The monoisotopic (exact) mass is 441 g/mol. The molecule has 7 heteroatoms. The summed E-state index contributed by atoms with van der Waals surface area (Å²) in [4.78, 5) is 17.3. The predicted octanol–water partition coefficient (Wildman–Crippen LogP) is 5.72. The standard InChI is InChI=1S/C21H31NO3S3/c1-14-12-20(7-8-22(14)18(23)25-19(3,4)5)17-16(11-15(2)28-17)21(13-24-20)26-9-6-10-27-21/h11,14H,6-10,12-13H2,1-5H3/t14-,20?/m0/s1. The molecule has 2 spiro atoms. The number of rotatable bonds is 0. The van der Waals surface area contributed by atoms with Crippen LogP contribution in [0.25, 0.3) is 0 Å². The van der Waals surface area contributed by atoms with Gasteiger partial charge >= 0.3 is 6.09 Å². The fourth-order valence-corrected chi connectivity index (χ4v) is 9.04. The lowest BCUT2D eigenvalue weighted by atomic mass is 9.82. The normalized spacial score (nSPS) is 29.8. The van der Waals surface area contributed by atoms with E-state index in [1.165, 1.54) is 33.2 Å². The minimum atomic E-state index is -0.465. The van der Waals surface area contributed by atoms with Crippen LogP contribution in [0, 0.1) is 6.92 Å². The summed E-state index contributed by atoms with van der Waals surface area (Å²) in [5.74, 6) is 2.42. The molecular formula is C21H31NO3S3. The molecule has 0 radical (unpaired) electrons. The number of hydrogen-bond donors (Lipinski definition) is 0. The van der Waals surface area contributed by atoms with Gasteiger partial charge in [0.05, 0.1) is 6.61 Å². The smallest absolute Gasteiger partial charge is 0.410 e. The van der Waals surface area contributed by atoms with E-state index in [0.717, 1.165) is 19.4 Å². The summed E-state index contributed by atoms with van der Waals surface area (Å²) in [7, 11) is 0. The van der Waals surface area contributed by atoms with E-state index in [9.17, 15) is 4.79 Å². The van der Waals surface area contributed by atoms with Gasteiger partial charge in [-0.25, -0.2) is 4.79 Å². The number of amides is 1. The van der Waals surface area contributed by atoms with Gasteiger partial charge in [-0.15, -0.1) is 34.9 Å². The summed E-state index contributed by atoms with van der Waals surface area (Å²) in [5, 5.41) is 0. The molecule has 1 aromatic rings. The van der Waals surface area contributed by atoms with Crippen molar-refractivity contribution in [3.05, 3.63) is 21.4 Å². The van der Waals surface area contributed by atoms with E-state index in [1.807, 2.05) is 37.0 Å². The van der Waals surface area contributed by atoms with Gasteiger partial charge in [-0.3, -0.25) is 0 Å². The maximum Gasteiger partial charge on any atom is 0.410 e. The predicted molar refractivity (Wildman–Crippen MR) is 120 cm³/mol. The van der Waals surface area contributed by atoms with Crippen molar-refractivity contribution in [2.75, 3.05) is 24.7 Å². The van der Waals surface area contributed by atoms with E-state index in [1.54, 1.807) is 0 Å². The van der Waals surface area contributed by atoms with Crippen LogP contribution in [0.5, 0.6) is 0 Å². The molecule has 0 saturated carbocycles. The van der Waals surface area contributed by atoms with E-state index >= 15 is 0 Å². The number of nitrogens with zero attached hydrogens (tertiary/aromatic N) is 1. The third kappa shape index (κ3) is 3.72. The molecule has 0 aliphatic carbocycles. The van der Waals surface area contributed by atoms with Gasteiger partial charge in [-0.2, -0.15) is 0 Å². The van der Waals surface area contributed by atoms with Gasteiger partial charge in [0.1, 0.15) is 15.3 Å². The maximum absolute atomic E-state index is 12.6. The van der Waals surface area contributed by atoms with E-state index in [-0.39, 0.29) is 21.8 Å². The van der Waals surface area contributed by atoms with Gasteiger partial charge < -0.3 is 14.4 Å². The molecule has 0 aromatic carbocycles. The first-order valence-corrected chi connectivity index (χ1v) is 13.0. The molecule has 0 bridgehead atoms. The number of ether oxygens (including phenoxy) is 2. The van der Waals surface area contributed by atoms with Gasteiger partial charge in [0.25, 0.3) is 0 Å². The minimum Gasteiger partial charge on any atom is -0.444 e. The largest absolute Gasteiger partial charge is 0.444 e. The second-order valence-corrected chi connectivity index (χ2v) is 13.5. The van der Waals surface area contributed by atoms with Crippen molar-refractivity contribution in [2.24, 2.45) is 0 Å². The average molecular weight is 442 g/mol. The van der Waals surface area contributed by atoms with Crippen LogP contribution in [0.3, 0.4) is 0 Å². The fraction of sp³-hybridized carbons (Fsp3) is 0.762. The summed E-state index contributed by atoms with van der Waals surface area (Å²) < 4.78 is 12.4. The topological polar surface area (TPSA) is 38.8 Å². The van der Waals surface area contributed by atoms with Crippen LogP contribution >= 0.6 is 34.9 Å². The molecule has 2 saturated heterocycles. The highest BCUT2D eigenvalue weighted by Gasteiger charge is 2.53. The van der Waals surface area contributed by atoms with E-state index < -0.39 is 5.60 Å². The van der Waals surface area contributed by atoms with Crippen LogP contribution in [-0.2, 0) is 19.2 Å². The van der Waals surface area contributed by atoms with Crippen molar-refractivity contribution >= 4 is 41.0 Å². The van der Waals surface area contributed by atoms with Gasteiger partial charge in [0.15, 0.2) is 0 Å². The zero-order valence-electron chi connectivity index (χ0n) is 17.5. The van der Waals surface area contributed by atoms with Crippen molar-refractivity contribution in [1.29, 1.82) is 0 Å². The van der Waals surface area contributed by atoms with Crippen LogP contribution in [0.2, 0.25) is 0 Å². The number of thiophene rings is 1. The highest BCUT2D eigenvalue weighted by molar-refractivity contribution is 8.18. The number of hydrogen-bond acceptors (Lipinski definition) is 6. The lowest BCUT2D eigenvalue weighted by Gasteiger charge is -2.51. The Hall–Kier alpha value is -0.370. The molecule has 156 valence electrons. The number of carbonyl (C=O) groups excluding carboxylic acids is 1. The number of thioether (sulfide) groups is 2. The maximum atomic E-state index is 12.6. The van der Waals surface area contributed by atoms with Gasteiger partial charge in [0.2, 0.25) is 0 Å². The average Bonchev–Trinajstić information content (AvgIpc) is 3.02. The van der Waals surface area contributed by atoms with Gasteiger partial charge in [0, 0.05) is 28.8 Å². The van der Waals surface area contributed by atoms with Crippen molar-refractivity contribution in [3.8, 4) is 0 Å². The second-order valence-electron chi connectivity index (χ2n) is 9.16. The molecule has 0 N–H and O–H groups in total. The molecule has 4 heterocycles. The lowest BCUT2D eigenvalue weighted by molar-refractivity contribution is -0.111. The highest BCUT2D eigenvalue weighted by atomic mass is 32.2. The molecule has 4 nitrogen and oxygen atoms in total. The second kappa shape index (κ2) is 7.40. The summed E-state index contributed by atoms with van der Waals surface area (Å²) >= 11 is 6.02. The van der Waals surface area contributed by atoms with Crippen molar-refractivity contribution < 1.29 is 14.3 Å². The first kappa shape index (κ1) is 20.9. The molecule has 1 aromatic heterocycles. The van der Waals surface area contributed by atoms with Crippen molar-refractivity contribution in [3.63, 3.8) is 0 Å². The fourth-order valence-electron chi connectivity index (χ4n) is 4.47. The molecule has 2 fully saturated rings. The van der Waals surface area contributed by atoms with Crippen LogP contribution in [0.4, 0.5) is 4.79 Å². The lowest BCUT2D eigenvalue weighted by Crippen LogP contribution is -2.54. The van der Waals surface area contributed by atoms with E-state index in [2.05, 4.69) is 43.4 Å². The Morgan fingerprint density at radius 1 is 1.32 bits per heavy atom. The first-order valence-electron chi connectivity index (χ1n) is 10.2. The molecule has 4 rings (SSSR count). The third-order valence-electron chi connectivity index (χ3n) is 5.72. The van der Waals surface area contributed by atoms with Gasteiger partial charge in [-0.1, -0.05) is 0 Å². The molecule has 3 aliphatic rings. The summed E-state index contributed by atoms with van der Waals surface area (Å²) in [6.45, 7) is 11.6. The summed E-state index contributed by atoms with van der Waals surface area (Å²) in [6, 6.07) is 2.50. The molecule has 1 amide bonds. The molecule has 1 unspecified atom stereocenters. The Labute approximate surface area is 181 Å². The Bertz CT molecular complexity index is 751. The zero-order chi connectivity index (χ0) is 20.2. The molecular weight excluding hydrogens is 410 g/mol. The minimum absolute atomic E-state index is 0.0646. The van der Waals surface area contributed by atoms with Crippen LogP contribution in [0.1, 0.15) is 62.3 Å². The van der Waals surface area contributed by atoms with Crippen molar-refractivity contribution in [2.45, 2.75) is 75.2 Å². The molecule has 2 atom stereocenters. The molecule has 28 heavy (non-hydrogen) atoms. The number of carbonyl (C=O) groups is 1. The number of likely N-dealkylation sites (tertiary alicyclic amines) is 1. The van der Waals surface area contributed by atoms with Gasteiger partial charge in [-0.05, 0) is 70.6 Å².